The van der Waals surface area contributed by atoms with Gasteiger partial charge in [0.1, 0.15) is 5.82 Å². The lowest BCUT2D eigenvalue weighted by Crippen LogP contribution is -2.35. The normalized spacial score (nSPS) is 10.2. The minimum absolute atomic E-state index is 0.0757. The number of rotatable bonds is 5. The largest absolute Gasteiger partial charge is 0.332 e. The number of aryl methyl sites for hydroxylation is 1. The number of hydrogen-bond donors (Lipinski definition) is 1. The lowest BCUT2D eigenvalue weighted by atomic mass is 10.1. The van der Waals surface area contributed by atoms with Crippen LogP contribution in [0.15, 0.2) is 42.5 Å². The second-order valence-electron chi connectivity index (χ2n) is 5.47. The number of benzene rings is 2. The fourth-order valence-electron chi connectivity index (χ4n) is 2.23. The van der Waals surface area contributed by atoms with E-state index < -0.39 is 22.6 Å². The average molecular weight is 345 g/mol. The van der Waals surface area contributed by atoms with Gasteiger partial charge in [-0.15, -0.1) is 0 Å². The smallest absolute Gasteiger partial charge is 0.272 e. The lowest BCUT2D eigenvalue weighted by molar-refractivity contribution is -0.385. The SMILES string of the molecule is Cc1cc(C(=O)N(C)CC(=O)Nc2ccc(F)cc2)ccc1[N+](=O)[O-]. The maximum absolute atomic E-state index is 12.8. The van der Waals surface area contributed by atoms with Gasteiger partial charge < -0.3 is 10.2 Å². The third-order valence-electron chi connectivity index (χ3n) is 3.50. The zero-order valence-corrected chi connectivity index (χ0v) is 13.7. The van der Waals surface area contributed by atoms with E-state index in [4.69, 9.17) is 0 Å². The maximum Gasteiger partial charge on any atom is 0.272 e. The zero-order chi connectivity index (χ0) is 18.6. The molecule has 8 heteroatoms. The number of nitro groups is 1. The second kappa shape index (κ2) is 7.52. The molecule has 2 aromatic carbocycles. The van der Waals surface area contributed by atoms with Crippen molar-refractivity contribution >= 4 is 23.2 Å². The van der Waals surface area contributed by atoms with Gasteiger partial charge in [-0.25, -0.2) is 4.39 Å². The van der Waals surface area contributed by atoms with Crippen molar-refractivity contribution in [2.75, 3.05) is 18.9 Å². The van der Waals surface area contributed by atoms with Crippen molar-refractivity contribution in [3.05, 3.63) is 69.5 Å². The van der Waals surface area contributed by atoms with Gasteiger partial charge in [-0.05, 0) is 43.3 Å². The van der Waals surface area contributed by atoms with Crippen LogP contribution in [0.1, 0.15) is 15.9 Å². The Morgan fingerprint density at radius 1 is 1.20 bits per heavy atom. The van der Waals surface area contributed by atoms with Gasteiger partial charge in [0, 0.05) is 29.9 Å². The van der Waals surface area contributed by atoms with Crippen LogP contribution in [0.4, 0.5) is 15.8 Å². The summed E-state index contributed by atoms with van der Waals surface area (Å²) in [6.07, 6.45) is 0. The molecule has 0 aromatic heterocycles. The molecule has 0 aliphatic heterocycles. The molecule has 1 N–H and O–H groups in total. The molecule has 25 heavy (non-hydrogen) atoms. The molecule has 0 atom stereocenters. The molecule has 0 bridgehead atoms. The van der Waals surface area contributed by atoms with Gasteiger partial charge in [0.15, 0.2) is 0 Å². The first kappa shape index (κ1) is 18.1. The third kappa shape index (κ3) is 4.60. The van der Waals surface area contributed by atoms with Crippen molar-refractivity contribution in [3.63, 3.8) is 0 Å². The van der Waals surface area contributed by atoms with Gasteiger partial charge in [-0.3, -0.25) is 19.7 Å². The van der Waals surface area contributed by atoms with Crippen LogP contribution in [0.2, 0.25) is 0 Å². The molecular weight excluding hydrogens is 329 g/mol. The fourth-order valence-corrected chi connectivity index (χ4v) is 2.23. The minimum Gasteiger partial charge on any atom is -0.332 e. The van der Waals surface area contributed by atoms with Crippen LogP contribution in [0, 0.1) is 22.9 Å². The summed E-state index contributed by atoms with van der Waals surface area (Å²) in [7, 11) is 1.45. The Labute approximate surface area is 143 Å². The number of likely N-dealkylation sites (N-methyl/N-ethyl adjacent to an activating group) is 1. The number of anilines is 1. The second-order valence-corrected chi connectivity index (χ2v) is 5.47. The summed E-state index contributed by atoms with van der Waals surface area (Å²) in [5, 5.41) is 13.4. The van der Waals surface area contributed by atoms with Crippen molar-refractivity contribution in [1.82, 2.24) is 4.90 Å². The van der Waals surface area contributed by atoms with E-state index in [2.05, 4.69) is 5.32 Å². The van der Waals surface area contributed by atoms with Crippen LogP contribution in [-0.2, 0) is 4.79 Å². The molecule has 0 saturated heterocycles. The van der Waals surface area contributed by atoms with Crippen LogP contribution in [0.5, 0.6) is 0 Å². The molecule has 7 nitrogen and oxygen atoms in total. The Morgan fingerprint density at radius 2 is 1.84 bits per heavy atom. The number of amides is 2. The van der Waals surface area contributed by atoms with E-state index in [0.717, 1.165) is 0 Å². The Balaban J connectivity index is 2.02. The summed E-state index contributed by atoms with van der Waals surface area (Å²) in [4.78, 5) is 35.8. The standard InChI is InChI=1S/C17H16FN3O4/c1-11-9-12(3-8-15(11)21(24)25)17(23)20(2)10-16(22)19-14-6-4-13(18)5-7-14/h3-9H,10H2,1-2H3,(H,19,22). The molecule has 0 fully saturated rings. The highest BCUT2D eigenvalue weighted by molar-refractivity contribution is 5.99. The first-order valence-corrected chi connectivity index (χ1v) is 7.34. The number of nitrogens with one attached hydrogen (secondary N) is 1. The Bertz CT molecular complexity index is 821. The molecule has 2 amide bonds. The molecule has 0 saturated carbocycles. The summed E-state index contributed by atoms with van der Waals surface area (Å²) >= 11 is 0. The van der Waals surface area contributed by atoms with Crippen LogP contribution < -0.4 is 5.32 Å². The highest BCUT2D eigenvalue weighted by Crippen LogP contribution is 2.19. The van der Waals surface area contributed by atoms with Crippen molar-refractivity contribution < 1.29 is 18.9 Å². The zero-order valence-electron chi connectivity index (χ0n) is 13.7. The lowest BCUT2D eigenvalue weighted by Gasteiger charge is -2.17. The summed E-state index contributed by atoms with van der Waals surface area (Å²) < 4.78 is 12.8. The first-order chi connectivity index (χ1) is 11.8. The van der Waals surface area contributed by atoms with Gasteiger partial charge in [0.25, 0.3) is 11.6 Å². The molecule has 0 unspecified atom stereocenters. The molecule has 0 aliphatic carbocycles. The Hall–Kier alpha value is -3.29. The Kier molecular flexibility index (Phi) is 5.43. The fraction of sp³-hybridized carbons (Fsp3) is 0.176. The predicted molar refractivity (Wildman–Crippen MR) is 89.8 cm³/mol. The number of nitrogens with zero attached hydrogens (tertiary/aromatic N) is 2. The number of nitro benzene ring substituents is 1. The molecule has 0 spiro atoms. The van der Waals surface area contributed by atoms with Crippen molar-refractivity contribution in [2.24, 2.45) is 0 Å². The average Bonchev–Trinajstić information content (AvgIpc) is 2.55. The van der Waals surface area contributed by atoms with Crippen molar-refractivity contribution in [2.45, 2.75) is 6.92 Å². The summed E-state index contributed by atoms with van der Waals surface area (Å²) in [6.45, 7) is 1.32. The first-order valence-electron chi connectivity index (χ1n) is 7.34. The number of halogens is 1. The summed E-state index contributed by atoms with van der Waals surface area (Å²) in [5.74, 6) is -1.30. The number of carbonyl (C=O) groups is 2. The molecular formula is C17H16FN3O4. The summed E-state index contributed by atoms with van der Waals surface area (Å²) in [6, 6.07) is 9.27. The molecule has 0 heterocycles. The monoisotopic (exact) mass is 345 g/mol. The van der Waals surface area contributed by atoms with Gasteiger partial charge in [-0.1, -0.05) is 0 Å². The molecule has 2 aromatic rings. The van der Waals surface area contributed by atoms with Crippen LogP contribution in [-0.4, -0.2) is 35.2 Å². The van der Waals surface area contributed by atoms with E-state index in [-0.39, 0.29) is 17.8 Å². The highest BCUT2D eigenvalue weighted by Gasteiger charge is 2.18. The predicted octanol–water partition coefficient (Wildman–Crippen LogP) is 2.75. The minimum atomic E-state index is -0.524. The van der Waals surface area contributed by atoms with Gasteiger partial charge in [0.05, 0.1) is 11.5 Å². The van der Waals surface area contributed by atoms with Gasteiger partial charge in [-0.2, -0.15) is 0 Å². The van der Waals surface area contributed by atoms with Crippen molar-refractivity contribution in [3.8, 4) is 0 Å². The summed E-state index contributed by atoms with van der Waals surface area (Å²) in [5.41, 5.74) is 0.951. The van der Waals surface area contributed by atoms with E-state index in [0.29, 0.717) is 11.3 Å². The van der Waals surface area contributed by atoms with E-state index in [1.165, 1.54) is 61.3 Å². The van der Waals surface area contributed by atoms with E-state index in [1.807, 2.05) is 0 Å². The van der Waals surface area contributed by atoms with E-state index in [1.54, 1.807) is 0 Å². The molecule has 0 radical (unpaired) electrons. The maximum atomic E-state index is 12.8. The van der Waals surface area contributed by atoms with E-state index in [9.17, 15) is 24.1 Å². The van der Waals surface area contributed by atoms with E-state index >= 15 is 0 Å². The number of hydrogen-bond acceptors (Lipinski definition) is 4. The molecule has 0 aliphatic rings. The highest BCUT2D eigenvalue weighted by atomic mass is 19.1. The number of carbonyl (C=O) groups excluding carboxylic acids is 2. The Morgan fingerprint density at radius 3 is 2.40 bits per heavy atom. The quantitative estimate of drug-likeness (QED) is 0.666. The van der Waals surface area contributed by atoms with Crippen molar-refractivity contribution in [1.29, 1.82) is 0 Å². The van der Waals surface area contributed by atoms with Crippen LogP contribution in [0.3, 0.4) is 0 Å². The van der Waals surface area contributed by atoms with Gasteiger partial charge in [0.2, 0.25) is 5.91 Å². The topological polar surface area (TPSA) is 92.6 Å². The van der Waals surface area contributed by atoms with Crippen LogP contribution >= 0.6 is 0 Å². The third-order valence-corrected chi connectivity index (χ3v) is 3.50. The van der Waals surface area contributed by atoms with Crippen LogP contribution in [0.25, 0.3) is 0 Å². The van der Waals surface area contributed by atoms with Gasteiger partial charge >= 0.3 is 0 Å². The molecule has 130 valence electrons. The molecule has 2 rings (SSSR count).